The van der Waals surface area contributed by atoms with Gasteiger partial charge in [-0.1, -0.05) is 13.8 Å². The summed E-state index contributed by atoms with van der Waals surface area (Å²) in [7, 11) is 0. The summed E-state index contributed by atoms with van der Waals surface area (Å²) in [5.41, 5.74) is 0.375. The molecule has 4 nitrogen and oxygen atoms in total. The van der Waals surface area contributed by atoms with Gasteiger partial charge in [-0.3, -0.25) is 4.40 Å². The summed E-state index contributed by atoms with van der Waals surface area (Å²) in [5.74, 6) is 0.220. The molecule has 98 valence electrons. The minimum Gasteiger partial charge on any atom is -0.250 e. The molecule has 2 aromatic rings. The molecule has 0 aromatic carbocycles. The molecule has 0 unspecified atom stereocenters. The van der Waals surface area contributed by atoms with E-state index in [0.717, 1.165) is 9.96 Å². The number of hydrogen-bond donors (Lipinski definition) is 0. The van der Waals surface area contributed by atoms with Crippen molar-refractivity contribution in [1.29, 1.82) is 0 Å². The fraction of sp³-hybridized carbons (Fsp3) is 0.455. The molecule has 0 bridgehead atoms. The lowest BCUT2D eigenvalue weighted by Gasteiger charge is -2.03. The Morgan fingerprint density at radius 3 is 2.61 bits per heavy atom. The van der Waals surface area contributed by atoms with Crippen molar-refractivity contribution >= 4 is 5.65 Å². The number of nitrogens with zero attached hydrogens (tertiary/aromatic N) is 3. The molecule has 0 amide bonds. The van der Waals surface area contributed by atoms with Crippen LogP contribution in [0.15, 0.2) is 23.1 Å². The van der Waals surface area contributed by atoms with Crippen molar-refractivity contribution in [2.75, 3.05) is 0 Å². The van der Waals surface area contributed by atoms with Crippen LogP contribution in [0, 0.1) is 0 Å². The summed E-state index contributed by atoms with van der Waals surface area (Å²) in [6.45, 7) is 2.54. The van der Waals surface area contributed by atoms with Crippen LogP contribution in [0.4, 0.5) is 13.2 Å². The highest BCUT2D eigenvalue weighted by Gasteiger charge is 2.30. The first-order chi connectivity index (χ1) is 8.28. The molecule has 0 spiro atoms. The third-order valence-electron chi connectivity index (χ3n) is 2.60. The van der Waals surface area contributed by atoms with Gasteiger partial charge in [-0.05, 0) is 23.6 Å². The maximum atomic E-state index is 12.2. The van der Waals surface area contributed by atoms with Crippen LogP contribution in [0.25, 0.3) is 5.65 Å². The zero-order valence-electron chi connectivity index (χ0n) is 9.90. The Bertz CT molecular complexity index is 624. The van der Waals surface area contributed by atoms with Crippen LogP contribution in [-0.2, 0) is 6.54 Å². The van der Waals surface area contributed by atoms with Crippen molar-refractivity contribution in [2.24, 2.45) is 0 Å². The van der Waals surface area contributed by atoms with Gasteiger partial charge in [0, 0.05) is 6.20 Å². The monoisotopic (exact) mass is 259 g/mol. The fourth-order valence-electron chi connectivity index (χ4n) is 1.67. The van der Waals surface area contributed by atoms with Gasteiger partial charge in [0.05, 0.1) is 0 Å². The zero-order chi connectivity index (χ0) is 13.5. The largest absolute Gasteiger partial charge is 0.408 e. The molecule has 0 saturated heterocycles. The molecule has 7 heteroatoms. The lowest BCUT2D eigenvalue weighted by Crippen LogP contribution is -2.28. The quantitative estimate of drug-likeness (QED) is 0.829. The number of aromatic nitrogens is 3. The number of alkyl halides is 3. The van der Waals surface area contributed by atoms with E-state index in [0.29, 0.717) is 4.68 Å². The van der Waals surface area contributed by atoms with Gasteiger partial charge >= 0.3 is 11.9 Å². The normalized spacial score (nSPS) is 12.6. The predicted molar refractivity (Wildman–Crippen MR) is 59.6 cm³/mol. The minimum atomic E-state index is -4.46. The van der Waals surface area contributed by atoms with E-state index in [1.807, 2.05) is 13.8 Å². The summed E-state index contributed by atoms with van der Waals surface area (Å²) >= 11 is 0. The molecule has 2 aromatic heterocycles. The third-order valence-corrected chi connectivity index (χ3v) is 2.60. The van der Waals surface area contributed by atoms with Crippen LogP contribution in [0.1, 0.15) is 25.3 Å². The number of halogens is 3. The molecule has 2 heterocycles. The van der Waals surface area contributed by atoms with Crippen molar-refractivity contribution in [2.45, 2.75) is 32.5 Å². The van der Waals surface area contributed by atoms with Gasteiger partial charge in [0.2, 0.25) is 0 Å². The third kappa shape index (κ3) is 2.39. The summed E-state index contributed by atoms with van der Waals surface area (Å²) in [5, 5.41) is 3.69. The molecule has 0 saturated carbocycles. The Hall–Kier alpha value is -1.79. The fourth-order valence-corrected chi connectivity index (χ4v) is 1.67. The van der Waals surface area contributed by atoms with E-state index < -0.39 is 18.4 Å². The van der Waals surface area contributed by atoms with E-state index in [1.54, 1.807) is 12.1 Å². The first kappa shape index (κ1) is 12.7. The molecule has 0 radical (unpaired) electrons. The van der Waals surface area contributed by atoms with E-state index in [1.165, 1.54) is 6.20 Å². The van der Waals surface area contributed by atoms with Gasteiger partial charge in [-0.15, -0.1) is 5.10 Å². The Morgan fingerprint density at radius 1 is 1.39 bits per heavy atom. The van der Waals surface area contributed by atoms with Gasteiger partial charge in [0.25, 0.3) is 0 Å². The van der Waals surface area contributed by atoms with E-state index in [4.69, 9.17) is 0 Å². The van der Waals surface area contributed by atoms with Crippen molar-refractivity contribution in [3.8, 4) is 0 Å². The van der Waals surface area contributed by atoms with E-state index >= 15 is 0 Å². The Labute approximate surface area is 101 Å². The van der Waals surface area contributed by atoms with Crippen molar-refractivity contribution in [3.63, 3.8) is 0 Å². The first-order valence-corrected chi connectivity index (χ1v) is 5.44. The average molecular weight is 259 g/mol. The Balaban J connectivity index is 2.52. The standard InChI is InChI=1S/C11H12F3N3O/c1-7(2)8-3-4-16-9(5-8)15-17(10(16)18)6-11(12,13)14/h3-5,7H,6H2,1-2H3. The SMILES string of the molecule is CC(C)c1ccn2c(=O)n(CC(F)(F)F)nc2c1. The maximum absolute atomic E-state index is 12.2. The van der Waals surface area contributed by atoms with Gasteiger partial charge in [0.15, 0.2) is 5.65 Å². The molecule has 0 aliphatic carbocycles. The van der Waals surface area contributed by atoms with Crippen LogP contribution < -0.4 is 5.69 Å². The second-order valence-electron chi connectivity index (χ2n) is 4.40. The highest BCUT2D eigenvalue weighted by Crippen LogP contribution is 2.17. The molecule has 18 heavy (non-hydrogen) atoms. The molecule has 0 N–H and O–H groups in total. The first-order valence-electron chi connectivity index (χ1n) is 5.44. The van der Waals surface area contributed by atoms with Crippen LogP contribution >= 0.6 is 0 Å². The minimum absolute atomic E-state index is 0.220. The smallest absolute Gasteiger partial charge is 0.250 e. The number of fused-ring (bicyclic) bond motifs is 1. The molecule has 0 aliphatic rings. The van der Waals surface area contributed by atoms with Crippen LogP contribution in [0.2, 0.25) is 0 Å². The van der Waals surface area contributed by atoms with Crippen LogP contribution in [-0.4, -0.2) is 20.4 Å². The zero-order valence-corrected chi connectivity index (χ0v) is 9.90. The second-order valence-corrected chi connectivity index (χ2v) is 4.40. The summed E-state index contributed by atoms with van der Waals surface area (Å²) in [6, 6.07) is 3.33. The van der Waals surface area contributed by atoms with Gasteiger partial charge in [0.1, 0.15) is 6.54 Å². The Kier molecular flexibility index (Phi) is 2.92. The average Bonchev–Trinajstić information content (AvgIpc) is 2.53. The molecule has 0 fully saturated rings. The van der Waals surface area contributed by atoms with Crippen LogP contribution in [0.3, 0.4) is 0 Å². The van der Waals surface area contributed by atoms with Crippen molar-refractivity contribution in [1.82, 2.24) is 14.2 Å². The van der Waals surface area contributed by atoms with Gasteiger partial charge in [-0.2, -0.15) is 13.2 Å². The van der Waals surface area contributed by atoms with Crippen LogP contribution in [0.5, 0.6) is 0 Å². The summed E-state index contributed by atoms with van der Waals surface area (Å²) in [4.78, 5) is 11.7. The molecule has 2 rings (SSSR count). The van der Waals surface area contributed by atoms with Gasteiger partial charge in [-0.25, -0.2) is 9.48 Å². The molecule has 0 aliphatic heterocycles. The second kappa shape index (κ2) is 4.15. The summed E-state index contributed by atoms with van der Waals surface area (Å²) < 4.78 is 38.3. The van der Waals surface area contributed by atoms with Crippen molar-refractivity contribution < 1.29 is 13.2 Å². The number of rotatable bonds is 2. The summed E-state index contributed by atoms with van der Waals surface area (Å²) in [6.07, 6.45) is -3.00. The highest BCUT2D eigenvalue weighted by molar-refractivity contribution is 5.40. The topological polar surface area (TPSA) is 39.3 Å². The van der Waals surface area contributed by atoms with Gasteiger partial charge < -0.3 is 0 Å². The highest BCUT2D eigenvalue weighted by atomic mass is 19.4. The maximum Gasteiger partial charge on any atom is 0.408 e. The van der Waals surface area contributed by atoms with E-state index in [2.05, 4.69) is 5.10 Å². The number of pyridine rings is 1. The molecule has 0 atom stereocenters. The van der Waals surface area contributed by atoms with E-state index in [9.17, 15) is 18.0 Å². The van der Waals surface area contributed by atoms with E-state index in [-0.39, 0.29) is 11.6 Å². The van der Waals surface area contributed by atoms with Crippen molar-refractivity contribution in [3.05, 3.63) is 34.4 Å². The lowest BCUT2D eigenvalue weighted by atomic mass is 10.1. The predicted octanol–water partition coefficient (Wildman–Crippen LogP) is 2.18. The number of hydrogen-bond acceptors (Lipinski definition) is 2. The molecular formula is C11H12F3N3O. The molecular weight excluding hydrogens is 247 g/mol. The lowest BCUT2D eigenvalue weighted by molar-refractivity contribution is -0.143. The Morgan fingerprint density at radius 2 is 2.06 bits per heavy atom.